The van der Waals surface area contributed by atoms with E-state index in [9.17, 15) is 4.79 Å². The van der Waals surface area contributed by atoms with E-state index in [0.29, 0.717) is 11.8 Å². The van der Waals surface area contributed by atoms with Crippen molar-refractivity contribution in [1.82, 2.24) is 10.2 Å². The highest BCUT2D eigenvalue weighted by Gasteiger charge is 2.27. The molecule has 86 valence electrons. The molecular formula is C12H22N2O. The zero-order chi connectivity index (χ0) is 11.3. The molecule has 1 aliphatic rings. The predicted molar refractivity (Wildman–Crippen MR) is 62.7 cm³/mol. The van der Waals surface area contributed by atoms with Gasteiger partial charge in [0.1, 0.15) is 0 Å². The summed E-state index contributed by atoms with van der Waals surface area (Å²) in [5, 5.41) is 3.22. The SMILES string of the molecule is C=C(CNCC)CN1CC(CC)CC1=O. The summed E-state index contributed by atoms with van der Waals surface area (Å²) in [6.45, 7) is 11.6. The maximum Gasteiger partial charge on any atom is 0.223 e. The zero-order valence-electron chi connectivity index (χ0n) is 9.88. The number of nitrogens with zero attached hydrogens (tertiary/aromatic N) is 1. The minimum absolute atomic E-state index is 0.291. The molecule has 0 bridgehead atoms. The van der Waals surface area contributed by atoms with Crippen molar-refractivity contribution in [2.45, 2.75) is 26.7 Å². The van der Waals surface area contributed by atoms with Crippen LogP contribution in [0.25, 0.3) is 0 Å². The molecule has 3 nitrogen and oxygen atoms in total. The van der Waals surface area contributed by atoms with Gasteiger partial charge in [0, 0.05) is 26.1 Å². The van der Waals surface area contributed by atoms with Crippen molar-refractivity contribution in [2.24, 2.45) is 5.92 Å². The van der Waals surface area contributed by atoms with Crippen LogP contribution in [0.1, 0.15) is 26.7 Å². The number of likely N-dealkylation sites (N-methyl/N-ethyl adjacent to an activating group) is 1. The smallest absolute Gasteiger partial charge is 0.223 e. The van der Waals surface area contributed by atoms with Gasteiger partial charge in [-0.25, -0.2) is 0 Å². The second kappa shape index (κ2) is 5.91. The van der Waals surface area contributed by atoms with E-state index in [1.807, 2.05) is 4.90 Å². The molecular weight excluding hydrogens is 188 g/mol. The average molecular weight is 210 g/mol. The quantitative estimate of drug-likeness (QED) is 0.672. The fraction of sp³-hybridized carbons (Fsp3) is 0.750. The molecule has 0 aromatic rings. The number of nitrogens with one attached hydrogen (secondary N) is 1. The first-order chi connectivity index (χ1) is 7.17. The van der Waals surface area contributed by atoms with Crippen molar-refractivity contribution >= 4 is 5.91 Å². The molecule has 1 amide bonds. The molecule has 1 atom stereocenters. The number of hydrogen-bond donors (Lipinski definition) is 1. The van der Waals surface area contributed by atoms with Crippen LogP contribution in [0.3, 0.4) is 0 Å². The Morgan fingerprint density at radius 3 is 2.87 bits per heavy atom. The van der Waals surface area contributed by atoms with Crippen molar-refractivity contribution < 1.29 is 4.79 Å². The minimum Gasteiger partial charge on any atom is -0.338 e. The van der Waals surface area contributed by atoms with Gasteiger partial charge in [-0.15, -0.1) is 0 Å². The molecule has 15 heavy (non-hydrogen) atoms. The van der Waals surface area contributed by atoms with E-state index in [1.165, 1.54) is 0 Å². The highest BCUT2D eigenvalue weighted by molar-refractivity contribution is 5.78. The second-order valence-electron chi connectivity index (χ2n) is 4.28. The first-order valence-corrected chi connectivity index (χ1v) is 5.82. The van der Waals surface area contributed by atoms with Crippen molar-refractivity contribution in [1.29, 1.82) is 0 Å². The number of rotatable bonds is 6. The van der Waals surface area contributed by atoms with Gasteiger partial charge in [0.05, 0.1) is 0 Å². The number of carbonyl (C=O) groups excluding carboxylic acids is 1. The van der Waals surface area contributed by atoms with Crippen LogP contribution in [0.2, 0.25) is 0 Å². The summed E-state index contributed by atoms with van der Waals surface area (Å²) in [7, 11) is 0. The molecule has 0 aromatic heterocycles. The molecule has 1 unspecified atom stereocenters. The van der Waals surface area contributed by atoms with Gasteiger partial charge >= 0.3 is 0 Å². The first kappa shape index (κ1) is 12.2. The van der Waals surface area contributed by atoms with E-state index in [2.05, 4.69) is 25.7 Å². The number of amides is 1. The molecule has 0 aromatic carbocycles. The third-order valence-corrected chi connectivity index (χ3v) is 2.91. The molecule has 0 spiro atoms. The summed E-state index contributed by atoms with van der Waals surface area (Å²) in [5.41, 5.74) is 1.10. The van der Waals surface area contributed by atoms with E-state index in [0.717, 1.165) is 44.6 Å². The van der Waals surface area contributed by atoms with E-state index < -0.39 is 0 Å². The van der Waals surface area contributed by atoms with Crippen LogP contribution in [-0.2, 0) is 4.79 Å². The molecule has 1 heterocycles. The van der Waals surface area contributed by atoms with Crippen molar-refractivity contribution in [2.75, 3.05) is 26.2 Å². The molecule has 1 saturated heterocycles. The largest absolute Gasteiger partial charge is 0.338 e. The standard InChI is InChI=1S/C12H22N2O/c1-4-11-6-12(15)14(9-11)8-10(3)7-13-5-2/h11,13H,3-9H2,1-2H3. The fourth-order valence-corrected chi connectivity index (χ4v) is 1.91. The summed E-state index contributed by atoms with van der Waals surface area (Å²) in [6, 6.07) is 0. The lowest BCUT2D eigenvalue weighted by Crippen LogP contribution is -2.30. The Morgan fingerprint density at radius 1 is 1.60 bits per heavy atom. The Hall–Kier alpha value is -0.830. The van der Waals surface area contributed by atoms with Crippen LogP contribution in [0.4, 0.5) is 0 Å². The molecule has 0 aliphatic carbocycles. The molecule has 1 rings (SSSR count). The number of carbonyl (C=O) groups is 1. The summed E-state index contributed by atoms with van der Waals surface area (Å²) in [5.74, 6) is 0.851. The Bertz CT molecular complexity index is 238. The van der Waals surface area contributed by atoms with Crippen LogP contribution < -0.4 is 5.32 Å². The molecule has 0 saturated carbocycles. The first-order valence-electron chi connectivity index (χ1n) is 5.82. The third kappa shape index (κ3) is 3.67. The minimum atomic E-state index is 0.291. The van der Waals surface area contributed by atoms with E-state index in [4.69, 9.17) is 0 Å². The van der Waals surface area contributed by atoms with Gasteiger partial charge in [0.25, 0.3) is 0 Å². The Kier molecular flexibility index (Phi) is 4.82. The molecule has 1 N–H and O–H groups in total. The molecule has 1 aliphatic heterocycles. The summed E-state index contributed by atoms with van der Waals surface area (Å²) >= 11 is 0. The fourth-order valence-electron chi connectivity index (χ4n) is 1.91. The monoisotopic (exact) mass is 210 g/mol. The Balaban J connectivity index is 2.32. The lowest BCUT2D eigenvalue weighted by atomic mass is 10.1. The number of hydrogen-bond acceptors (Lipinski definition) is 2. The topological polar surface area (TPSA) is 32.3 Å². The average Bonchev–Trinajstić information content (AvgIpc) is 2.57. The lowest BCUT2D eigenvalue weighted by molar-refractivity contribution is -0.127. The van der Waals surface area contributed by atoms with Crippen LogP contribution in [0.5, 0.6) is 0 Å². The molecule has 0 radical (unpaired) electrons. The second-order valence-corrected chi connectivity index (χ2v) is 4.28. The Morgan fingerprint density at radius 2 is 2.33 bits per heavy atom. The highest BCUT2D eigenvalue weighted by Crippen LogP contribution is 2.20. The van der Waals surface area contributed by atoms with Crippen molar-refractivity contribution in [3.8, 4) is 0 Å². The number of likely N-dealkylation sites (tertiary alicyclic amines) is 1. The molecule has 1 fully saturated rings. The van der Waals surface area contributed by atoms with Gasteiger partial charge in [-0.1, -0.05) is 26.8 Å². The van der Waals surface area contributed by atoms with Crippen molar-refractivity contribution in [3.63, 3.8) is 0 Å². The summed E-state index contributed by atoms with van der Waals surface area (Å²) < 4.78 is 0. The Labute approximate surface area is 92.5 Å². The maximum absolute atomic E-state index is 11.6. The van der Waals surface area contributed by atoms with Crippen LogP contribution >= 0.6 is 0 Å². The third-order valence-electron chi connectivity index (χ3n) is 2.91. The van der Waals surface area contributed by atoms with Gasteiger partial charge in [0.15, 0.2) is 0 Å². The molecule has 3 heteroatoms. The van der Waals surface area contributed by atoms with Crippen molar-refractivity contribution in [3.05, 3.63) is 12.2 Å². The lowest BCUT2D eigenvalue weighted by Gasteiger charge is -2.18. The van der Waals surface area contributed by atoms with E-state index >= 15 is 0 Å². The van der Waals surface area contributed by atoms with E-state index in [1.54, 1.807) is 0 Å². The van der Waals surface area contributed by atoms with Gasteiger partial charge in [-0.3, -0.25) is 4.79 Å². The van der Waals surface area contributed by atoms with Crippen LogP contribution in [0, 0.1) is 5.92 Å². The van der Waals surface area contributed by atoms with Gasteiger partial charge in [-0.2, -0.15) is 0 Å². The van der Waals surface area contributed by atoms with Gasteiger partial charge in [0.2, 0.25) is 5.91 Å². The van der Waals surface area contributed by atoms with Crippen LogP contribution in [-0.4, -0.2) is 37.0 Å². The predicted octanol–water partition coefficient (Wildman–Crippen LogP) is 1.41. The van der Waals surface area contributed by atoms with Crippen LogP contribution in [0.15, 0.2) is 12.2 Å². The summed E-state index contributed by atoms with van der Waals surface area (Å²) in [4.78, 5) is 13.6. The summed E-state index contributed by atoms with van der Waals surface area (Å²) in [6.07, 6.45) is 1.83. The zero-order valence-corrected chi connectivity index (χ0v) is 9.88. The maximum atomic E-state index is 11.6. The van der Waals surface area contributed by atoms with Gasteiger partial charge < -0.3 is 10.2 Å². The normalized spacial score (nSPS) is 21.1. The van der Waals surface area contributed by atoms with E-state index in [-0.39, 0.29) is 0 Å². The highest BCUT2D eigenvalue weighted by atomic mass is 16.2. The van der Waals surface area contributed by atoms with Gasteiger partial charge in [-0.05, 0) is 18.0 Å².